The van der Waals surface area contributed by atoms with E-state index in [4.69, 9.17) is 5.11 Å². The van der Waals surface area contributed by atoms with Crippen LogP contribution < -0.4 is 5.32 Å². The maximum Gasteiger partial charge on any atom is 0.325 e. The number of carbonyl (C=O) groups excluding carboxylic acids is 2. The molecule has 0 saturated heterocycles. The molecular weight excluding hydrogens is 272 g/mol. The average molecular weight is 286 g/mol. The maximum atomic E-state index is 12.2. The van der Waals surface area contributed by atoms with Crippen LogP contribution in [-0.2, 0) is 14.4 Å². The van der Waals surface area contributed by atoms with Gasteiger partial charge in [0.1, 0.15) is 12.1 Å². The number of para-hydroxylation sites is 1. The SMILES string of the molecule is CC(NC(=O)CC(=O)C1c2cn1c1ccccc21)C(=O)O. The van der Waals surface area contributed by atoms with E-state index < -0.39 is 24.0 Å². The van der Waals surface area contributed by atoms with Gasteiger partial charge in [0.25, 0.3) is 0 Å². The van der Waals surface area contributed by atoms with Crippen LogP contribution in [0.3, 0.4) is 0 Å². The monoisotopic (exact) mass is 286 g/mol. The first-order chi connectivity index (χ1) is 9.99. The Morgan fingerprint density at radius 2 is 2.05 bits per heavy atom. The molecule has 2 aliphatic rings. The van der Waals surface area contributed by atoms with Crippen molar-refractivity contribution in [2.24, 2.45) is 0 Å². The van der Waals surface area contributed by atoms with E-state index in [1.807, 2.05) is 35.0 Å². The Bertz CT molecular complexity index is 724. The molecule has 0 saturated carbocycles. The molecule has 2 atom stereocenters. The van der Waals surface area contributed by atoms with Crippen LogP contribution in [0.5, 0.6) is 0 Å². The van der Waals surface area contributed by atoms with Crippen LogP contribution >= 0.6 is 0 Å². The van der Waals surface area contributed by atoms with Crippen molar-refractivity contribution >= 4 is 28.6 Å². The van der Waals surface area contributed by atoms with E-state index in [2.05, 4.69) is 5.32 Å². The van der Waals surface area contributed by atoms with Crippen molar-refractivity contribution in [1.29, 1.82) is 0 Å². The minimum atomic E-state index is -1.13. The van der Waals surface area contributed by atoms with Gasteiger partial charge in [0, 0.05) is 22.7 Å². The Morgan fingerprint density at radius 1 is 1.33 bits per heavy atom. The van der Waals surface area contributed by atoms with Gasteiger partial charge in [0.2, 0.25) is 5.91 Å². The van der Waals surface area contributed by atoms with Gasteiger partial charge in [-0.3, -0.25) is 14.4 Å². The fourth-order valence-corrected chi connectivity index (χ4v) is 2.67. The topological polar surface area (TPSA) is 88.4 Å². The largest absolute Gasteiger partial charge is 0.480 e. The molecule has 0 spiro atoms. The molecular formula is C15H14N2O4. The number of aliphatic carboxylic acids is 1. The van der Waals surface area contributed by atoms with E-state index in [0.29, 0.717) is 0 Å². The Kier molecular flexibility index (Phi) is 3.01. The predicted octanol–water partition coefficient (Wildman–Crippen LogP) is 1.09. The molecule has 108 valence electrons. The van der Waals surface area contributed by atoms with E-state index in [1.54, 1.807) is 0 Å². The lowest BCUT2D eigenvalue weighted by Gasteiger charge is -2.22. The molecule has 0 fully saturated rings. The highest BCUT2D eigenvalue weighted by Gasteiger charge is 2.36. The first kappa shape index (κ1) is 13.4. The van der Waals surface area contributed by atoms with Crippen molar-refractivity contribution in [2.45, 2.75) is 25.4 Å². The summed E-state index contributed by atoms with van der Waals surface area (Å²) in [6.07, 6.45) is 1.58. The highest BCUT2D eigenvalue weighted by atomic mass is 16.4. The highest BCUT2D eigenvalue weighted by Crippen LogP contribution is 2.40. The maximum absolute atomic E-state index is 12.2. The Hall–Kier alpha value is -2.63. The number of carboxylic acids is 1. The number of carboxylic acid groups (broad SMARTS) is 1. The zero-order valence-corrected chi connectivity index (χ0v) is 11.4. The van der Waals surface area contributed by atoms with Crippen LogP contribution in [0.2, 0.25) is 0 Å². The van der Waals surface area contributed by atoms with Crippen molar-refractivity contribution in [3.05, 3.63) is 36.0 Å². The van der Waals surface area contributed by atoms with Gasteiger partial charge in [-0.25, -0.2) is 0 Å². The van der Waals surface area contributed by atoms with E-state index in [9.17, 15) is 14.4 Å². The minimum absolute atomic E-state index is 0.223. The fourth-order valence-electron chi connectivity index (χ4n) is 2.67. The standard InChI is InChI=1S/C15H14N2O4/c1-8(15(20)21)16-13(19)6-12(18)14-10-7-17(14)11-5-3-2-4-9(10)11/h2-5,7-8,14H,6H2,1H3,(H,16,19)(H,20,21). The molecule has 3 heterocycles. The number of nitrogens with one attached hydrogen (secondary N) is 1. The van der Waals surface area contributed by atoms with Gasteiger partial charge in [-0.2, -0.15) is 0 Å². The molecule has 2 unspecified atom stereocenters. The second-order valence-electron chi connectivity index (χ2n) is 5.18. The molecule has 0 radical (unpaired) electrons. The molecule has 6 nitrogen and oxygen atoms in total. The molecule has 1 amide bonds. The Morgan fingerprint density at radius 3 is 2.71 bits per heavy atom. The van der Waals surface area contributed by atoms with Crippen molar-refractivity contribution in [1.82, 2.24) is 9.88 Å². The van der Waals surface area contributed by atoms with Crippen LogP contribution in [0.1, 0.15) is 24.9 Å². The number of nitrogens with zero attached hydrogens (tertiary/aromatic N) is 1. The number of benzene rings is 1. The lowest BCUT2D eigenvalue weighted by Crippen LogP contribution is -2.40. The average Bonchev–Trinajstić information content (AvgIpc) is 2.90. The molecule has 2 bridgehead atoms. The van der Waals surface area contributed by atoms with Gasteiger partial charge < -0.3 is 15.0 Å². The minimum Gasteiger partial charge on any atom is -0.480 e. The molecule has 1 aromatic heterocycles. The van der Waals surface area contributed by atoms with Crippen LogP contribution in [0, 0.1) is 0 Å². The number of rotatable bonds is 5. The summed E-state index contributed by atoms with van der Waals surface area (Å²) in [6, 6.07) is 6.27. The quantitative estimate of drug-likeness (QED) is 0.805. The molecule has 4 rings (SSSR count). The number of hydrogen-bond donors (Lipinski definition) is 2. The van der Waals surface area contributed by atoms with Gasteiger partial charge in [0.05, 0.1) is 6.42 Å². The third-order valence-corrected chi connectivity index (χ3v) is 3.73. The second kappa shape index (κ2) is 4.73. The summed E-state index contributed by atoms with van der Waals surface area (Å²) in [6.45, 7) is 1.36. The number of aromatic nitrogens is 1. The Labute approximate surface area is 120 Å². The van der Waals surface area contributed by atoms with Gasteiger partial charge >= 0.3 is 5.97 Å². The first-order valence-corrected chi connectivity index (χ1v) is 6.63. The number of carbonyl (C=O) groups is 3. The summed E-state index contributed by atoms with van der Waals surface area (Å²) in [5.74, 6) is -1.91. The molecule has 2 aliphatic heterocycles. The van der Waals surface area contributed by atoms with Gasteiger partial charge in [-0.15, -0.1) is 0 Å². The lowest BCUT2D eigenvalue weighted by atomic mass is 9.98. The summed E-state index contributed by atoms with van der Waals surface area (Å²) in [5, 5.41) is 12.0. The third-order valence-electron chi connectivity index (χ3n) is 3.73. The summed E-state index contributed by atoms with van der Waals surface area (Å²) in [5.41, 5.74) is 1.90. The van der Waals surface area contributed by atoms with Gasteiger partial charge in [-0.05, 0) is 13.0 Å². The lowest BCUT2D eigenvalue weighted by molar-refractivity contribution is -0.142. The van der Waals surface area contributed by atoms with Crippen LogP contribution in [0.25, 0.3) is 10.9 Å². The molecule has 2 aromatic rings. The first-order valence-electron chi connectivity index (χ1n) is 6.63. The van der Waals surface area contributed by atoms with Crippen LogP contribution in [-0.4, -0.2) is 33.4 Å². The molecule has 6 heteroatoms. The smallest absolute Gasteiger partial charge is 0.325 e. The predicted molar refractivity (Wildman–Crippen MR) is 74.9 cm³/mol. The zero-order valence-electron chi connectivity index (χ0n) is 11.4. The normalized spacial score (nSPS) is 17.1. The summed E-state index contributed by atoms with van der Waals surface area (Å²) in [4.78, 5) is 34.6. The fraction of sp³-hybridized carbons (Fsp3) is 0.267. The molecule has 21 heavy (non-hydrogen) atoms. The van der Waals surface area contributed by atoms with Crippen molar-refractivity contribution < 1.29 is 19.5 Å². The highest BCUT2D eigenvalue weighted by molar-refractivity contribution is 6.06. The Balaban J connectivity index is 1.69. The molecule has 1 aromatic carbocycles. The van der Waals surface area contributed by atoms with Crippen molar-refractivity contribution in [3.63, 3.8) is 0 Å². The van der Waals surface area contributed by atoms with Crippen molar-refractivity contribution in [3.8, 4) is 0 Å². The number of ketones is 1. The zero-order chi connectivity index (χ0) is 15.1. The van der Waals surface area contributed by atoms with E-state index in [-0.39, 0.29) is 12.2 Å². The second-order valence-corrected chi connectivity index (χ2v) is 5.18. The van der Waals surface area contributed by atoms with E-state index >= 15 is 0 Å². The van der Waals surface area contributed by atoms with Crippen molar-refractivity contribution in [2.75, 3.05) is 0 Å². The van der Waals surface area contributed by atoms with Crippen LogP contribution in [0.15, 0.2) is 30.5 Å². The summed E-state index contributed by atoms with van der Waals surface area (Å²) in [7, 11) is 0. The van der Waals surface area contributed by atoms with E-state index in [0.717, 1.165) is 16.5 Å². The van der Waals surface area contributed by atoms with E-state index in [1.165, 1.54) is 6.92 Å². The van der Waals surface area contributed by atoms with Gasteiger partial charge in [-0.1, -0.05) is 18.2 Å². The number of Topliss-reactive ketones (excluding diaryl/α,β-unsaturated/α-hetero) is 1. The number of amides is 1. The molecule has 0 aliphatic carbocycles. The summed E-state index contributed by atoms with van der Waals surface area (Å²) < 4.78 is 1.85. The molecule has 2 N–H and O–H groups in total. The summed E-state index contributed by atoms with van der Waals surface area (Å²) >= 11 is 0. The van der Waals surface area contributed by atoms with Gasteiger partial charge in [0.15, 0.2) is 5.78 Å². The third kappa shape index (κ3) is 2.08. The van der Waals surface area contributed by atoms with Crippen LogP contribution in [0.4, 0.5) is 0 Å². The number of hydrogen-bond acceptors (Lipinski definition) is 3.